The molecule has 0 fully saturated rings. The monoisotopic (exact) mass is 186 g/mol. The van der Waals surface area contributed by atoms with Crippen molar-refractivity contribution >= 4 is 29.3 Å². The molecule has 0 heterocycles. The molecule has 0 amide bonds. The first kappa shape index (κ1) is 8.63. The third kappa shape index (κ3) is 2.96. The molecule has 0 aliphatic heterocycles. The van der Waals surface area contributed by atoms with Crippen molar-refractivity contribution in [3.05, 3.63) is 40.9 Å². The van der Waals surface area contributed by atoms with E-state index in [1.807, 2.05) is 36.4 Å². The number of benzene rings is 1. The van der Waals surface area contributed by atoms with Crippen LogP contribution in [0.3, 0.4) is 0 Å². The Morgan fingerprint density at radius 3 is 2.45 bits per heavy atom. The fraction of sp³-hybridized carbons (Fsp3) is 0.111. The van der Waals surface area contributed by atoms with Crippen LogP contribution in [0.25, 0.3) is 6.08 Å². The molecule has 2 heteroatoms. The maximum absolute atomic E-state index is 5.73. The van der Waals surface area contributed by atoms with Crippen molar-refractivity contribution in [3.8, 4) is 0 Å². The van der Waals surface area contributed by atoms with Gasteiger partial charge in [0.15, 0.2) is 0 Å². The van der Waals surface area contributed by atoms with Gasteiger partial charge in [-0.25, -0.2) is 0 Å². The third-order valence-corrected chi connectivity index (χ3v) is 1.92. The summed E-state index contributed by atoms with van der Waals surface area (Å²) in [6, 6.07) is 9.85. The van der Waals surface area contributed by atoms with Gasteiger partial charge in [-0.2, -0.15) is 0 Å². The van der Waals surface area contributed by atoms with Gasteiger partial charge in [-0.3, -0.25) is 0 Å². The maximum Gasteiger partial charge on any atom is 0.0582 e. The minimum atomic E-state index is 0.371. The molecular formula is C9H8Cl2. The van der Waals surface area contributed by atoms with E-state index in [1.165, 1.54) is 0 Å². The zero-order valence-electron chi connectivity index (χ0n) is 5.93. The lowest BCUT2D eigenvalue weighted by molar-refractivity contribution is 1.63. The van der Waals surface area contributed by atoms with Gasteiger partial charge in [-0.15, -0.1) is 11.6 Å². The van der Waals surface area contributed by atoms with Crippen LogP contribution in [0.1, 0.15) is 5.56 Å². The average molecular weight is 187 g/mol. The topological polar surface area (TPSA) is 0 Å². The maximum atomic E-state index is 5.73. The highest BCUT2D eigenvalue weighted by Crippen LogP contribution is 2.10. The molecule has 0 saturated carbocycles. The molecule has 0 nitrogen and oxygen atoms in total. The van der Waals surface area contributed by atoms with Crippen molar-refractivity contribution < 1.29 is 0 Å². The Bertz CT molecular complexity index is 239. The molecule has 0 spiro atoms. The summed E-state index contributed by atoms with van der Waals surface area (Å²) in [4.78, 5) is 0. The van der Waals surface area contributed by atoms with Crippen molar-refractivity contribution in [2.75, 3.05) is 5.88 Å². The van der Waals surface area contributed by atoms with E-state index in [0.717, 1.165) is 5.56 Å². The van der Waals surface area contributed by atoms with E-state index in [9.17, 15) is 0 Å². The Morgan fingerprint density at radius 2 is 1.91 bits per heavy atom. The van der Waals surface area contributed by atoms with E-state index < -0.39 is 0 Å². The number of alkyl halides is 1. The molecule has 1 aromatic rings. The molecule has 11 heavy (non-hydrogen) atoms. The first-order chi connectivity index (χ1) is 5.33. The van der Waals surface area contributed by atoms with E-state index in [-0.39, 0.29) is 0 Å². The summed E-state index contributed by atoms with van der Waals surface area (Å²) in [5.74, 6) is 0.371. The second kappa shape index (κ2) is 4.42. The summed E-state index contributed by atoms with van der Waals surface area (Å²) in [7, 11) is 0. The first-order valence-electron chi connectivity index (χ1n) is 3.30. The number of hydrogen-bond acceptors (Lipinski definition) is 0. The van der Waals surface area contributed by atoms with Gasteiger partial charge in [0.1, 0.15) is 0 Å². The van der Waals surface area contributed by atoms with Gasteiger partial charge < -0.3 is 0 Å². The highest BCUT2D eigenvalue weighted by Gasteiger charge is 1.88. The fourth-order valence-electron chi connectivity index (χ4n) is 0.769. The SMILES string of the molecule is ClC/C(Cl)=C\c1ccccc1. The van der Waals surface area contributed by atoms with Crippen LogP contribution in [0, 0.1) is 0 Å². The second-order valence-electron chi connectivity index (χ2n) is 2.14. The largest absolute Gasteiger partial charge is 0.121 e. The fourth-order valence-corrected chi connectivity index (χ4v) is 0.972. The van der Waals surface area contributed by atoms with Gasteiger partial charge >= 0.3 is 0 Å². The van der Waals surface area contributed by atoms with Crippen LogP contribution in [-0.2, 0) is 0 Å². The first-order valence-corrected chi connectivity index (χ1v) is 4.21. The average Bonchev–Trinajstić information content (AvgIpc) is 2.06. The van der Waals surface area contributed by atoms with Gasteiger partial charge in [-0.05, 0) is 11.6 Å². The molecule has 1 rings (SSSR count). The molecule has 0 unspecified atom stereocenters. The van der Waals surface area contributed by atoms with Gasteiger partial charge in [-0.1, -0.05) is 41.9 Å². The van der Waals surface area contributed by atoms with E-state index in [0.29, 0.717) is 10.9 Å². The van der Waals surface area contributed by atoms with Crippen molar-refractivity contribution in [1.29, 1.82) is 0 Å². The Morgan fingerprint density at radius 1 is 1.27 bits per heavy atom. The molecule has 0 saturated heterocycles. The molecule has 1 aromatic carbocycles. The zero-order valence-corrected chi connectivity index (χ0v) is 7.44. The quantitative estimate of drug-likeness (QED) is 0.621. The molecule has 0 aromatic heterocycles. The summed E-state index contributed by atoms with van der Waals surface area (Å²) in [6.45, 7) is 0. The highest BCUT2D eigenvalue weighted by molar-refractivity contribution is 6.37. The molecular weight excluding hydrogens is 179 g/mol. The van der Waals surface area contributed by atoms with E-state index in [4.69, 9.17) is 23.2 Å². The lowest BCUT2D eigenvalue weighted by Gasteiger charge is -1.92. The molecule has 0 aliphatic carbocycles. The van der Waals surface area contributed by atoms with Crippen molar-refractivity contribution in [2.45, 2.75) is 0 Å². The van der Waals surface area contributed by atoms with Crippen LogP contribution in [0.15, 0.2) is 35.4 Å². The standard InChI is InChI=1S/C9H8Cl2/c10-7-9(11)6-8-4-2-1-3-5-8/h1-6H,7H2/b9-6+. The van der Waals surface area contributed by atoms with Gasteiger partial charge in [0, 0.05) is 5.03 Å². The minimum absolute atomic E-state index is 0.371. The third-order valence-electron chi connectivity index (χ3n) is 1.25. The molecule has 0 radical (unpaired) electrons. The molecule has 0 N–H and O–H groups in total. The number of halogens is 2. The van der Waals surface area contributed by atoms with Crippen LogP contribution in [0.4, 0.5) is 0 Å². The summed E-state index contributed by atoms with van der Waals surface area (Å²) in [5, 5.41) is 0.665. The van der Waals surface area contributed by atoms with Crippen LogP contribution < -0.4 is 0 Å². The van der Waals surface area contributed by atoms with Crippen LogP contribution in [0.5, 0.6) is 0 Å². The van der Waals surface area contributed by atoms with Gasteiger partial charge in [0.2, 0.25) is 0 Å². The Balaban J connectivity index is 2.79. The van der Waals surface area contributed by atoms with Crippen molar-refractivity contribution in [3.63, 3.8) is 0 Å². The normalized spacial score (nSPS) is 11.6. The number of hydrogen-bond donors (Lipinski definition) is 0. The molecule has 0 aliphatic rings. The lowest BCUT2D eigenvalue weighted by Crippen LogP contribution is -1.73. The van der Waals surface area contributed by atoms with Crippen molar-refractivity contribution in [1.82, 2.24) is 0 Å². The van der Waals surface area contributed by atoms with E-state index in [1.54, 1.807) is 0 Å². The van der Waals surface area contributed by atoms with Gasteiger partial charge in [0.25, 0.3) is 0 Å². The molecule has 0 atom stereocenters. The van der Waals surface area contributed by atoms with Gasteiger partial charge in [0.05, 0.1) is 5.88 Å². The zero-order chi connectivity index (χ0) is 8.10. The Kier molecular flexibility index (Phi) is 3.47. The lowest BCUT2D eigenvalue weighted by atomic mass is 10.2. The predicted molar refractivity (Wildman–Crippen MR) is 51.0 cm³/mol. The summed E-state index contributed by atoms with van der Waals surface area (Å²) >= 11 is 11.2. The minimum Gasteiger partial charge on any atom is -0.121 e. The van der Waals surface area contributed by atoms with E-state index >= 15 is 0 Å². The summed E-state index contributed by atoms with van der Waals surface area (Å²) in [6.07, 6.45) is 1.86. The second-order valence-corrected chi connectivity index (χ2v) is 2.89. The summed E-state index contributed by atoms with van der Waals surface area (Å²) < 4.78 is 0. The van der Waals surface area contributed by atoms with Crippen molar-refractivity contribution in [2.24, 2.45) is 0 Å². The van der Waals surface area contributed by atoms with E-state index in [2.05, 4.69) is 0 Å². The predicted octanol–water partition coefficient (Wildman–Crippen LogP) is 3.51. The Hall–Kier alpha value is -0.460. The summed E-state index contributed by atoms with van der Waals surface area (Å²) in [5.41, 5.74) is 1.08. The smallest absolute Gasteiger partial charge is 0.0582 e. The number of rotatable bonds is 2. The Labute approximate surface area is 76.4 Å². The number of allylic oxidation sites excluding steroid dienone is 1. The van der Waals surface area contributed by atoms with Crippen LogP contribution in [0.2, 0.25) is 0 Å². The highest BCUT2D eigenvalue weighted by atomic mass is 35.5. The van der Waals surface area contributed by atoms with Crippen LogP contribution in [-0.4, -0.2) is 5.88 Å². The molecule has 0 bridgehead atoms. The molecule has 58 valence electrons. The van der Waals surface area contributed by atoms with Crippen LogP contribution >= 0.6 is 23.2 Å².